The Morgan fingerprint density at radius 2 is 2.19 bits per heavy atom. The second-order valence-electron chi connectivity index (χ2n) is 4.30. The van der Waals surface area contributed by atoms with Gasteiger partial charge in [0.05, 0.1) is 23.4 Å². The molecule has 2 rings (SSSR count). The Morgan fingerprint density at radius 1 is 1.43 bits per heavy atom. The number of aromatic nitrogens is 2. The van der Waals surface area contributed by atoms with Gasteiger partial charge in [-0.15, -0.1) is 0 Å². The van der Waals surface area contributed by atoms with Gasteiger partial charge >= 0.3 is 11.9 Å². The van der Waals surface area contributed by atoms with E-state index in [1.807, 2.05) is 6.07 Å². The zero-order chi connectivity index (χ0) is 15.4. The first-order valence-electron chi connectivity index (χ1n) is 5.97. The third-order valence-corrected chi connectivity index (χ3v) is 3.84. The first kappa shape index (κ1) is 14.9. The van der Waals surface area contributed by atoms with Crippen LogP contribution in [0.4, 0.5) is 0 Å². The predicted octanol–water partition coefficient (Wildman–Crippen LogP) is 1.70. The summed E-state index contributed by atoms with van der Waals surface area (Å²) in [6.45, 7) is 0. The highest BCUT2D eigenvalue weighted by Crippen LogP contribution is 2.24. The topological polar surface area (TPSA) is 127 Å². The number of carbonyl (C=O) groups is 2. The van der Waals surface area contributed by atoms with E-state index in [2.05, 4.69) is 9.97 Å². The third kappa shape index (κ3) is 3.52. The minimum atomic E-state index is -1.15. The molecule has 0 aliphatic carbocycles. The molecule has 0 fully saturated rings. The fourth-order valence-electron chi connectivity index (χ4n) is 1.78. The van der Waals surface area contributed by atoms with Crippen molar-refractivity contribution in [1.82, 2.24) is 9.97 Å². The van der Waals surface area contributed by atoms with Gasteiger partial charge in [0.2, 0.25) is 0 Å². The van der Waals surface area contributed by atoms with Crippen LogP contribution in [0.3, 0.4) is 0 Å². The second kappa shape index (κ2) is 6.28. The number of carboxylic acid groups (broad SMARTS) is 2. The molecule has 21 heavy (non-hydrogen) atoms. The largest absolute Gasteiger partial charge is 0.481 e. The average molecular weight is 305 g/mol. The van der Waals surface area contributed by atoms with Gasteiger partial charge in [-0.05, 0) is 12.1 Å². The summed E-state index contributed by atoms with van der Waals surface area (Å²) in [4.78, 5) is 28.8. The molecule has 0 saturated carbocycles. The van der Waals surface area contributed by atoms with Crippen molar-refractivity contribution in [1.29, 1.82) is 5.26 Å². The van der Waals surface area contributed by atoms with E-state index < -0.39 is 24.3 Å². The maximum Gasteiger partial charge on any atom is 0.307 e. The van der Waals surface area contributed by atoms with Gasteiger partial charge in [0.25, 0.3) is 0 Å². The number of rotatable bonds is 6. The Labute approximate surface area is 123 Å². The van der Waals surface area contributed by atoms with Crippen LogP contribution in [0, 0.1) is 17.2 Å². The summed E-state index contributed by atoms with van der Waals surface area (Å²) in [5.74, 6) is -3.21. The van der Waals surface area contributed by atoms with Crippen molar-refractivity contribution in [2.45, 2.75) is 11.6 Å². The number of hydrogen-bond acceptors (Lipinski definition) is 5. The van der Waals surface area contributed by atoms with Gasteiger partial charge in [0.15, 0.2) is 5.16 Å². The number of benzene rings is 1. The highest BCUT2D eigenvalue weighted by Gasteiger charge is 2.22. The van der Waals surface area contributed by atoms with Crippen molar-refractivity contribution < 1.29 is 19.8 Å². The summed E-state index contributed by atoms with van der Waals surface area (Å²) in [7, 11) is 0. The number of nitrogens with zero attached hydrogens (tertiary/aromatic N) is 2. The third-order valence-electron chi connectivity index (χ3n) is 2.80. The maximum atomic E-state index is 11.0. The van der Waals surface area contributed by atoms with Crippen molar-refractivity contribution in [3.05, 3.63) is 23.8 Å². The van der Waals surface area contributed by atoms with Gasteiger partial charge in [-0.25, -0.2) is 4.98 Å². The fourth-order valence-corrected chi connectivity index (χ4v) is 2.73. The minimum absolute atomic E-state index is 0.0866. The molecule has 1 atom stereocenters. The molecule has 0 saturated heterocycles. The first-order valence-corrected chi connectivity index (χ1v) is 6.96. The van der Waals surface area contributed by atoms with E-state index >= 15 is 0 Å². The molecule has 1 unspecified atom stereocenters. The van der Waals surface area contributed by atoms with Crippen LogP contribution in [0.5, 0.6) is 0 Å². The van der Waals surface area contributed by atoms with E-state index in [9.17, 15) is 9.59 Å². The van der Waals surface area contributed by atoms with E-state index in [1.54, 1.807) is 18.2 Å². The Bertz CT molecular complexity index is 735. The molecule has 108 valence electrons. The quantitative estimate of drug-likeness (QED) is 0.693. The van der Waals surface area contributed by atoms with Gasteiger partial charge in [-0.1, -0.05) is 17.8 Å². The highest BCUT2D eigenvalue weighted by atomic mass is 32.2. The monoisotopic (exact) mass is 305 g/mol. The molecule has 0 radical (unpaired) electrons. The number of para-hydroxylation sites is 1. The number of H-pyrrole nitrogens is 1. The molecular weight excluding hydrogens is 294 g/mol. The zero-order valence-electron chi connectivity index (χ0n) is 10.7. The van der Waals surface area contributed by atoms with Crippen molar-refractivity contribution in [3.8, 4) is 6.07 Å². The molecule has 2 aromatic rings. The van der Waals surface area contributed by atoms with E-state index in [1.165, 1.54) is 0 Å². The lowest BCUT2D eigenvalue weighted by molar-refractivity contribution is -0.147. The average Bonchev–Trinajstić information content (AvgIpc) is 2.85. The number of aliphatic carboxylic acids is 2. The molecule has 8 heteroatoms. The Kier molecular flexibility index (Phi) is 4.45. The number of nitrogens with one attached hydrogen (secondary N) is 1. The summed E-state index contributed by atoms with van der Waals surface area (Å²) < 4.78 is 0. The maximum absolute atomic E-state index is 11.0. The first-order chi connectivity index (χ1) is 10.0. The Morgan fingerprint density at radius 3 is 2.81 bits per heavy atom. The summed E-state index contributed by atoms with van der Waals surface area (Å²) in [5.41, 5.74) is 1.63. The molecule has 3 N–H and O–H groups in total. The van der Waals surface area contributed by atoms with Gasteiger partial charge in [-0.2, -0.15) is 5.26 Å². The number of thioether (sulfide) groups is 1. The van der Waals surface area contributed by atoms with Crippen molar-refractivity contribution in [3.63, 3.8) is 0 Å². The number of aromatic amines is 1. The number of nitriles is 1. The molecule has 7 nitrogen and oxygen atoms in total. The lowest BCUT2D eigenvalue weighted by Gasteiger charge is -2.07. The molecule has 0 aliphatic rings. The van der Waals surface area contributed by atoms with E-state index in [-0.39, 0.29) is 5.75 Å². The summed E-state index contributed by atoms with van der Waals surface area (Å²) in [6.07, 6.45) is -0.438. The number of fused-ring (bicyclic) bond motifs is 1. The minimum Gasteiger partial charge on any atom is -0.481 e. The molecule has 1 aromatic carbocycles. The SMILES string of the molecule is N#Cc1cccc2[nH]c(SCC(CC(=O)O)C(=O)O)nc12. The van der Waals surface area contributed by atoms with Gasteiger partial charge in [0.1, 0.15) is 11.6 Å². The zero-order valence-corrected chi connectivity index (χ0v) is 11.6. The van der Waals surface area contributed by atoms with Crippen LogP contribution in [0.15, 0.2) is 23.4 Å². The summed E-state index contributed by atoms with van der Waals surface area (Å²) >= 11 is 1.12. The Hall–Kier alpha value is -2.53. The lowest BCUT2D eigenvalue weighted by Crippen LogP contribution is -2.20. The highest BCUT2D eigenvalue weighted by molar-refractivity contribution is 7.99. The van der Waals surface area contributed by atoms with Gasteiger partial charge < -0.3 is 15.2 Å². The molecule has 1 aromatic heterocycles. The standard InChI is InChI=1S/C13H11N3O4S/c14-5-7-2-1-3-9-11(7)16-13(15-9)21-6-8(12(19)20)4-10(17)18/h1-3,8H,4,6H2,(H,15,16)(H,17,18)(H,19,20). The van der Waals surface area contributed by atoms with Crippen LogP contribution in [0.1, 0.15) is 12.0 Å². The second-order valence-corrected chi connectivity index (χ2v) is 5.31. The smallest absolute Gasteiger partial charge is 0.307 e. The number of hydrogen-bond donors (Lipinski definition) is 3. The van der Waals surface area contributed by atoms with Crippen LogP contribution < -0.4 is 0 Å². The molecule has 0 bridgehead atoms. The van der Waals surface area contributed by atoms with Crippen molar-refractivity contribution in [2.24, 2.45) is 5.92 Å². The fraction of sp³-hybridized carbons (Fsp3) is 0.231. The normalized spacial score (nSPS) is 12.0. The number of imidazole rings is 1. The van der Waals surface area contributed by atoms with Gasteiger partial charge in [-0.3, -0.25) is 9.59 Å². The van der Waals surface area contributed by atoms with E-state index in [0.717, 1.165) is 11.8 Å². The van der Waals surface area contributed by atoms with Crippen LogP contribution in [-0.2, 0) is 9.59 Å². The van der Waals surface area contributed by atoms with E-state index in [0.29, 0.717) is 21.8 Å². The van der Waals surface area contributed by atoms with Crippen LogP contribution >= 0.6 is 11.8 Å². The summed E-state index contributed by atoms with van der Waals surface area (Å²) in [5, 5.41) is 27.1. The van der Waals surface area contributed by atoms with Crippen molar-refractivity contribution >= 4 is 34.7 Å². The van der Waals surface area contributed by atoms with Gasteiger partial charge in [0, 0.05) is 5.75 Å². The van der Waals surface area contributed by atoms with Crippen LogP contribution in [-0.4, -0.2) is 37.9 Å². The molecule has 1 heterocycles. The van der Waals surface area contributed by atoms with E-state index in [4.69, 9.17) is 15.5 Å². The number of carboxylic acids is 2. The lowest BCUT2D eigenvalue weighted by atomic mass is 10.1. The van der Waals surface area contributed by atoms with Crippen LogP contribution in [0.25, 0.3) is 11.0 Å². The van der Waals surface area contributed by atoms with Crippen molar-refractivity contribution in [2.75, 3.05) is 5.75 Å². The molecule has 0 aliphatic heterocycles. The predicted molar refractivity (Wildman–Crippen MR) is 74.9 cm³/mol. The Balaban J connectivity index is 2.15. The molecule has 0 amide bonds. The molecule has 0 spiro atoms. The molecular formula is C13H11N3O4S. The van der Waals surface area contributed by atoms with Crippen LogP contribution in [0.2, 0.25) is 0 Å². The summed E-state index contributed by atoms with van der Waals surface area (Å²) in [6, 6.07) is 7.15.